The second-order valence-corrected chi connectivity index (χ2v) is 9.45. The molecule has 188 valence electrons. The molecule has 3 aromatic rings. The monoisotopic (exact) mass is 526 g/mol. The molecule has 1 fully saturated rings. The Hall–Kier alpha value is -3.22. The number of nitrogens with zero attached hydrogens (tertiary/aromatic N) is 1. The van der Waals surface area contributed by atoms with E-state index in [2.05, 4.69) is 34.5 Å². The molecule has 1 saturated heterocycles. The molecular formula is C28H28Cl2N2O4. The second kappa shape index (κ2) is 12.2. The summed E-state index contributed by atoms with van der Waals surface area (Å²) in [6.07, 6.45) is 2.28. The highest BCUT2D eigenvalue weighted by Crippen LogP contribution is 2.25. The maximum Gasteiger partial charge on any atom is 0.328 e. The molecule has 36 heavy (non-hydrogen) atoms. The van der Waals surface area contributed by atoms with Crippen LogP contribution in [0.15, 0.2) is 72.8 Å². The lowest BCUT2D eigenvalue weighted by Crippen LogP contribution is -2.43. The van der Waals surface area contributed by atoms with Crippen molar-refractivity contribution >= 4 is 40.8 Å². The van der Waals surface area contributed by atoms with Crippen LogP contribution in [0.4, 0.5) is 5.69 Å². The number of nitrogens with one attached hydrogen (secondary N) is 1. The standard InChI is InChI=1S/C28H28Cl2N2O4/c1-35-28(34)25(31-27(33)26-23(29)8-5-9-24(26)30)18-19-10-12-21(13-11-19)36-22-14-16-32(17-15-22)20-6-3-2-4-7-20/h2-13,22,25H,14-18H2,1H3,(H,31,33)/t25-/m0/s1. The quantitative estimate of drug-likeness (QED) is 0.389. The molecule has 0 aromatic heterocycles. The van der Waals surface area contributed by atoms with Gasteiger partial charge in [0.15, 0.2) is 0 Å². The number of methoxy groups -OCH3 is 1. The Balaban J connectivity index is 1.34. The van der Waals surface area contributed by atoms with Gasteiger partial charge in [-0.25, -0.2) is 4.79 Å². The summed E-state index contributed by atoms with van der Waals surface area (Å²) in [6, 6.07) is 21.8. The molecule has 3 aromatic carbocycles. The van der Waals surface area contributed by atoms with Gasteiger partial charge in [-0.15, -0.1) is 0 Å². The molecule has 0 bridgehead atoms. The fourth-order valence-corrected chi connectivity index (χ4v) is 4.85. The van der Waals surface area contributed by atoms with Gasteiger partial charge in [-0.1, -0.05) is 59.6 Å². The lowest BCUT2D eigenvalue weighted by molar-refractivity contribution is -0.142. The van der Waals surface area contributed by atoms with Gasteiger partial charge in [0.25, 0.3) is 5.91 Å². The predicted octanol–water partition coefficient (Wildman–Crippen LogP) is 5.56. The van der Waals surface area contributed by atoms with E-state index in [-0.39, 0.29) is 28.1 Å². The Morgan fingerprint density at radius 3 is 2.19 bits per heavy atom. The molecule has 1 aliphatic rings. The highest BCUT2D eigenvalue weighted by Gasteiger charge is 2.25. The number of amides is 1. The number of piperidine rings is 1. The van der Waals surface area contributed by atoms with E-state index in [4.69, 9.17) is 32.7 Å². The van der Waals surface area contributed by atoms with E-state index in [0.29, 0.717) is 0 Å². The van der Waals surface area contributed by atoms with Gasteiger partial charge in [-0.2, -0.15) is 0 Å². The Morgan fingerprint density at radius 1 is 0.944 bits per heavy atom. The van der Waals surface area contributed by atoms with E-state index in [1.165, 1.54) is 12.8 Å². The molecule has 0 aliphatic carbocycles. The van der Waals surface area contributed by atoms with Gasteiger partial charge < -0.3 is 19.7 Å². The van der Waals surface area contributed by atoms with Crippen molar-refractivity contribution in [1.82, 2.24) is 5.32 Å². The van der Waals surface area contributed by atoms with Gasteiger partial charge in [-0.05, 0) is 42.0 Å². The van der Waals surface area contributed by atoms with Crippen LogP contribution < -0.4 is 15.0 Å². The minimum Gasteiger partial charge on any atom is -0.490 e. The first-order chi connectivity index (χ1) is 17.4. The van der Waals surface area contributed by atoms with Crippen molar-refractivity contribution in [2.24, 2.45) is 0 Å². The number of rotatable bonds is 8. The zero-order chi connectivity index (χ0) is 25.5. The summed E-state index contributed by atoms with van der Waals surface area (Å²) >= 11 is 12.3. The average Bonchev–Trinajstić information content (AvgIpc) is 2.90. The molecular weight excluding hydrogens is 499 g/mol. The number of ether oxygens (including phenoxy) is 2. The Kier molecular flexibility index (Phi) is 8.73. The van der Waals surface area contributed by atoms with Gasteiger partial charge >= 0.3 is 5.97 Å². The molecule has 4 rings (SSSR count). The molecule has 1 atom stereocenters. The molecule has 1 amide bonds. The number of halogens is 2. The SMILES string of the molecule is COC(=O)[C@H](Cc1ccc(OC2CCN(c3ccccc3)CC2)cc1)NC(=O)c1c(Cl)cccc1Cl. The molecule has 0 saturated carbocycles. The zero-order valence-corrected chi connectivity index (χ0v) is 21.5. The first-order valence-corrected chi connectivity index (χ1v) is 12.6. The second-order valence-electron chi connectivity index (χ2n) is 8.63. The lowest BCUT2D eigenvalue weighted by atomic mass is 10.0. The third-order valence-electron chi connectivity index (χ3n) is 6.21. The van der Waals surface area contributed by atoms with Crippen LogP contribution in [0.2, 0.25) is 10.0 Å². The van der Waals surface area contributed by atoms with Crippen molar-refractivity contribution in [1.29, 1.82) is 0 Å². The number of benzene rings is 3. The summed E-state index contributed by atoms with van der Waals surface area (Å²) in [5, 5.41) is 3.11. The minimum atomic E-state index is -0.899. The van der Waals surface area contributed by atoms with Crippen LogP contribution >= 0.6 is 23.2 Å². The average molecular weight is 527 g/mol. The van der Waals surface area contributed by atoms with Crippen molar-refractivity contribution < 1.29 is 19.1 Å². The molecule has 1 aliphatic heterocycles. The van der Waals surface area contributed by atoms with Crippen LogP contribution in [0.25, 0.3) is 0 Å². The first-order valence-electron chi connectivity index (χ1n) is 11.8. The summed E-state index contributed by atoms with van der Waals surface area (Å²) in [5.74, 6) is -0.321. The van der Waals surface area contributed by atoms with E-state index in [1.807, 2.05) is 30.3 Å². The van der Waals surface area contributed by atoms with Crippen LogP contribution in [0.1, 0.15) is 28.8 Å². The van der Waals surface area contributed by atoms with E-state index in [9.17, 15) is 9.59 Å². The maximum absolute atomic E-state index is 12.8. The van der Waals surface area contributed by atoms with Crippen molar-refractivity contribution in [2.45, 2.75) is 31.4 Å². The topological polar surface area (TPSA) is 67.9 Å². The predicted molar refractivity (Wildman–Crippen MR) is 142 cm³/mol. The van der Waals surface area contributed by atoms with E-state index in [0.717, 1.165) is 37.2 Å². The number of esters is 1. The number of hydrogen-bond acceptors (Lipinski definition) is 5. The Labute approximate surface area is 221 Å². The fraction of sp³-hybridized carbons (Fsp3) is 0.286. The summed E-state index contributed by atoms with van der Waals surface area (Å²) < 4.78 is 11.1. The lowest BCUT2D eigenvalue weighted by Gasteiger charge is -2.33. The van der Waals surface area contributed by atoms with Gasteiger partial charge in [0.2, 0.25) is 0 Å². The summed E-state index contributed by atoms with van der Waals surface area (Å²) in [5.41, 5.74) is 2.21. The summed E-state index contributed by atoms with van der Waals surface area (Å²) in [7, 11) is 1.28. The Morgan fingerprint density at radius 2 is 1.58 bits per heavy atom. The van der Waals surface area contributed by atoms with Crippen molar-refractivity contribution in [3.63, 3.8) is 0 Å². The van der Waals surface area contributed by atoms with Crippen LogP contribution in [-0.2, 0) is 16.0 Å². The number of carbonyl (C=O) groups excluding carboxylic acids is 2. The molecule has 6 nitrogen and oxygen atoms in total. The number of para-hydroxylation sites is 1. The van der Waals surface area contributed by atoms with E-state index < -0.39 is 17.9 Å². The largest absolute Gasteiger partial charge is 0.490 e. The molecule has 0 spiro atoms. The van der Waals surface area contributed by atoms with E-state index >= 15 is 0 Å². The van der Waals surface area contributed by atoms with E-state index in [1.54, 1.807) is 18.2 Å². The van der Waals surface area contributed by atoms with Gasteiger partial charge in [0, 0.05) is 38.0 Å². The first kappa shape index (κ1) is 25.9. The molecule has 0 unspecified atom stereocenters. The summed E-state index contributed by atoms with van der Waals surface area (Å²) in [4.78, 5) is 27.5. The van der Waals surface area contributed by atoms with Gasteiger partial charge in [0.05, 0.1) is 22.7 Å². The van der Waals surface area contributed by atoms with Crippen molar-refractivity contribution in [3.05, 3.63) is 94.0 Å². The van der Waals surface area contributed by atoms with Gasteiger partial charge in [0.1, 0.15) is 17.9 Å². The van der Waals surface area contributed by atoms with Crippen molar-refractivity contribution in [3.8, 4) is 5.75 Å². The number of hydrogen-bond donors (Lipinski definition) is 1. The third-order valence-corrected chi connectivity index (χ3v) is 6.84. The van der Waals surface area contributed by atoms with Crippen LogP contribution in [0, 0.1) is 0 Å². The minimum absolute atomic E-state index is 0.122. The molecule has 0 radical (unpaired) electrons. The molecule has 8 heteroatoms. The number of anilines is 1. The fourth-order valence-electron chi connectivity index (χ4n) is 4.28. The zero-order valence-electron chi connectivity index (χ0n) is 20.0. The van der Waals surface area contributed by atoms with Crippen LogP contribution in [-0.4, -0.2) is 44.2 Å². The highest BCUT2D eigenvalue weighted by atomic mass is 35.5. The number of carbonyl (C=O) groups is 2. The normalized spacial score (nSPS) is 14.7. The molecule has 1 N–H and O–H groups in total. The highest BCUT2D eigenvalue weighted by molar-refractivity contribution is 6.39. The van der Waals surface area contributed by atoms with Crippen molar-refractivity contribution in [2.75, 3.05) is 25.1 Å². The summed E-state index contributed by atoms with van der Waals surface area (Å²) in [6.45, 7) is 1.89. The third kappa shape index (κ3) is 6.50. The Bertz CT molecular complexity index is 1160. The van der Waals surface area contributed by atoms with Gasteiger partial charge in [-0.3, -0.25) is 4.79 Å². The smallest absolute Gasteiger partial charge is 0.328 e. The molecule has 1 heterocycles. The van der Waals surface area contributed by atoms with Crippen LogP contribution in [0.5, 0.6) is 5.75 Å². The van der Waals surface area contributed by atoms with Crippen LogP contribution in [0.3, 0.4) is 0 Å². The maximum atomic E-state index is 12.8.